The topological polar surface area (TPSA) is 88.9 Å². The van der Waals surface area contributed by atoms with Crippen LogP contribution in [0.15, 0.2) is 36.5 Å². The van der Waals surface area contributed by atoms with Crippen molar-refractivity contribution in [2.45, 2.75) is 25.6 Å². The minimum atomic E-state index is -4.82. The van der Waals surface area contributed by atoms with Gasteiger partial charge in [-0.2, -0.15) is 30.0 Å². The van der Waals surface area contributed by atoms with Gasteiger partial charge < -0.3 is 10.6 Å². The molecule has 13 heteroatoms. The van der Waals surface area contributed by atoms with Crippen LogP contribution in [0.5, 0.6) is 0 Å². The van der Waals surface area contributed by atoms with Gasteiger partial charge in [0.05, 0.1) is 21.8 Å². The monoisotopic (exact) mass is 543 g/mol. The molecule has 1 aliphatic rings. The summed E-state index contributed by atoms with van der Waals surface area (Å²) in [6, 6.07) is 6.41. The van der Waals surface area contributed by atoms with Crippen molar-refractivity contribution in [2.75, 3.05) is 16.8 Å². The molecular weight excluding hydrogens is 526 g/mol. The Morgan fingerprint density at radius 1 is 1.17 bits per heavy atom. The Morgan fingerprint density at radius 3 is 2.49 bits per heavy atom. The maximum absolute atomic E-state index is 13.4. The first-order chi connectivity index (χ1) is 16.4. The van der Waals surface area contributed by atoms with E-state index in [-0.39, 0.29) is 27.1 Å². The predicted molar refractivity (Wildman–Crippen MR) is 129 cm³/mol. The van der Waals surface area contributed by atoms with E-state index in [1.807, 2.05) is 6.92 Å². The lowest BCUT2D eigenvalue weighted by atomic mass is 10.0. The number of aromatic nitrogens is 3. The van der Waals surface area contributed by atoms with Crippen molar-refractivity contribution in [3.63, 3.8) is 0 Å². The van der Waals surface area contributed by atoms with E-state index in [1.54, 1.807) is 18.7 Å². The summed E-state index contributed by atoms with van der Waals surface area (Å²) in [4.78, 5) is 30.2. The zero-order valence-corrected chi connectivity index (χ0v) is 20.7. The standard InChI is InChI=1S/C22H18Cl2F3N5O2S/c1-11-6-12(23)7-13(19(33)30-21(2)9-35-10-21)17(11)29-20(34)15-8-16(22(25,26)27)31-32(15)18-14(24)4-3-5-28-18/h3-8H,9-10H2,1-2H3,(H,29,34)(H,30,33). The molecule has 35 heavy (non-hydrogen) atoms. The lowest BCUT2D eigenvalue weighted by Crippen LogP contribution is -2.55. The third-order valence-corrected chi connectivity index (χ3v) is 7.41. The first-order valence-corrected chi connectivity index (χ1v) is 12.1. The minimum absolute atomic E-state index is 0.00673. The van der Waals surface area contributed by atoms with Crippen LogP contribution in [0.1, 0.15) is 39.0 Å². The van der Waals surface area contributed by atoms with E-state index in [1.165, 1.54) is 30.5 Å². The summed E-state index contributed by atoms with van der Waals surface area (Å²) in [6.45, 7) is 3.51. The Balaban J connectivity index is 1.75. The molecule has 1 saturated heterocycles. The molecule has 0 bridgehead atoms. The van der Waals surface area contributed by atoms with Gasteiger partial charge in [-0.15, -0.1) is 0 Å². The van der Waals surface area contributed by atoms with Gasteiger partial charge in [0.15, 0.2) is 11.5 Å². The molecule has 184 valence electrons. The number of alkyl halides is 3. The van der Waals surface area contributed by atoms with Crippen molar-refractivity contribution in [1.29, 1.82) is 0 Å². The second kappa shape index (κ2) is 9.36. The third kappa shape index (κ3) is 5.26. The summed E-state index contributed by atoms with van der Waals surface area (Å²) in [5.74, 6) is -0.115. The van der Waals surface area contributed by atoms with E-state index < -0.39 is 34.9 Å². The van der Waals surface area contributed by atoms with Crippen LogP contribution in [0.25, 0.3) is 5.82 Å². The van der Waals surface area contributed by atoms with Gasteiger partial charge in [0.1, 0.15) is 5.69 Å². The van der Waals surface area contributed by atoms with Crippen molar-refractivity contribution in [2.24, 2.45) is 0 Å². The van der Waals surface area contributed by atoms with E-state index in [0.717, 1.165) is 16.2 Å². The number of thioether (sulfide) groups is 1. The van der Waals surface area contributed by atoms with E-state index in [9.17, 15) is 22.8 Å². The number of amides is 2. The summed E-state index contributed by atoms with van der Waals surface area (Å²) in [7, 11) is 0. The van der Waals surface area contributed by atoms with Gasteiger partial charge in [-0.3, -0.25) is 9.59 Å². The number of pyridine rings is 1. The molecule has 2 N–H and O–H groups in total. The third-order valence-electron chi connectivity index (χ3n) is 5.21. The number of halogens is 5. The van der Waals surface area contributed by atoms with E-state index >= 15 is 0 Å². The molecule has 2 amide bonds. The second-order valence-electron chi connectivity index (χ2n) is 8.24. The lowest BCUT2D eigenvalue weighted by Gasteiger charge is -2.38. The summed E-state index contributed by atoms with van der Waals surface area (Å²) in [5.41, 5.74) is -1.54. The van der Waals surface area contributed by atoms with Crippen LogP contribution in [-0.4, -0.2) is 43.6 Å². The molecule has 0 aliphatic carbocycles. The fourth-order valence-corrected chi connectivity index (χ4v) is 4.90. The summed E-state index contributed by atoms with van der Waals surface area (Å²) in [5, 5.41) is 9.26. The molecule has 3 heterocycles. The lowest BCUT2D eigenvalue weighted by molar-refractivity contribution is -0.141. The van der Waals surface area contributed by atoms with Gasteiger partial charge in [-0.25, -0.2) is 9.67 Å². The Bertz CT molecular complexity index is 1320. The zero-order chi connectivity index (χ0) is 25.5. The fraction of sp³-hybridized carbons (Fsp3) is 0.273. The number of carbonyl (C=O) groups is 2. The second-order valence-corrected chi connectivity index (χ2v) is 10.1. The van der Waals surface area contributed by atoms with Crippen LogP contribution in [0, 0.1) is 6.92 Å². The Kier molecular flexibility index (Phi) is 6.78. The number of hydrogen-bond acceptors (Lipinski definition) is 5. The quantitative estimate of drug-likeness (QED) is 0.450. The highest BCUT2D eigenvalue weighted by Crippen LogP contribution is 2.33. The molecule has 0 saturated carbocycles. The van der Waals surface area contributed by atoms with Crippen LogP contribution < -0.4 is 10.6 Å². The number of rotatable bonds is 5. The summed E-state index contributed by atoms with van der Waals surface area (Å²) in [6.07, 6.45) is -3.51. The van der Waals surface area contributed by atoms with Crippen molar-refractivity contribution in [3.8, 4) is 5.82 Å². The average Bonchev–Trinajstić information content (AvgIpc) is 3.20. The van der Waals surface area contributed by atoms with Crippen LogP contribution in [0.4, 0.5) is 18.9 Å². The van der Waals surface area contributed by atoms with Gasteiger partial charge in [0.25, 0.3) is 11.8 Å². The predicted octanol–water partition coefficient (Wildman–Crippen LogP) is 5.39. The highest BCUT2D eigenvalue weighted by Gasteiger charge is 2.37. The van der Waals surface area contributed by atoms with Crippen LogP contribution >= 0.6 is 35.0 Å². The Labute approximate surface area is 212 Å². The van der Waals surface area contributed by atoms with Crippen molar-refractivity contribution < 1.29 is 22.8 Å². The van der Waals surface area contributed by atoms with Crippen LogP contribution in [0.3, 0.4) is 0 Å². The molecule has 0 radical (unpaired) electrons. The van der Waals surface area contributed by atoms with Gasteiger partial charge in [0, 0.05) is 28.8 Å². The summed E-state index contributed by atoms with van der Waals surface area (Å²) >= 11 is 13.9. The van der Waals surface area contributed by atoms with Gasteiger partial charge in [-0.1, -0.05) is 23.2 Å². The normalized spacial score (nSPS) is 14.8. The van der Waals surface area contributed by atoms with E-state index in [2.05, 4.69) is 20.7 Å². The van der Waals surface area contributed by atoms with E-state index in [0.29, 0.717) is 11.6 Å². The molecule has 0 spiro atoms. The molecule has 2 aromatic heterocycles. The number of nitrogens with one attached hydrogen (secondary N) is 2. The number of nitrogens with zero attached hydrogens (tertiary/aromatic N) is 3. The maximum Gasteiger partial charge on any atom is 0.435 e. The van der Waals surface area contributed by atoms with Crippen LogP contribution in [0.2, 0.25) is 10.0 Å². The first kappa shape index (κ1) is 25.3. The summed E-state index contributed by atoms with van der Waals surface area (Å²) < 4.78 is 41.0. The smallest absolute Gasteiger partial charge is 0.345 e. The highest BCUT2D eigenvalue weighted by molar-refractivity contribution is 8.00. The number of hydrogen-bond donors (Lipinski definition) is 2. The molecule has 3 aromatic rings. The molecular formula is C22H18Cl2F3N5O2S. The SMILES string of the molecule is Cc1cc(Cl)cc(C(=O)NC2(C)CSC2)c1NC(=O)c1cc(C(F)(F)F)nn1-c1ncccc1Cl. The van der Waals surface area contributed by atoms with E-state index in [4.69, 9.17) is 23.2 Å². The fourth-order valence-electron chi connectivity index (χ4n) is 3.46. The van der Waals surface area contributed by atoms with Crippen molar-refractivity contribution in [1.82, 2.24) is 20.1 Å². The van der Waals surface area contributed by atoms with Gasteiger partial charge in [-0.05, 0) is 43.7 Å². The molecule has 0 atom stereocenters. The molecule has 1 aromatic carbocycles. The number of carbonyl (C=O) groups excluding carboxylic acids is 2. The van der Waals surface area contributed by atoms with Gasteiger partial charge >= 0.3 is 6.18 Å². The Hall–Kier alpha value is -2.76. The number of aryl methyl sites for hydroxylation is 1. The van der Waals surface area contributed by atoms with Crippen molar-refractivity contribution >= 4 is 52.5 Å². The highest BCUT2D eigenvalue weighted by atomic mass is 35.5. The molecule has 0 unspecified atom stereocenters. The molecule has 1 fully saturated rings. The molecule has 7 nitrogen and oxygen atoms in total. The first-order valence-electron chi connectivity index (χ1n) is 10.2. The largest absolute Gasteiger partial charge is 0.435 e. The molecule has 4 rings (SSSR count). The average molecular weight is 544 g/mol. The van der Waals surface area contributed by atoms with Gasteiger partial charge in [0.2, 0.25) is 0 Å². The number of benzene rings is 1. The number of anilines is 1. The van der Waals surface area contributed by atoms with Crippen molar-refractivity contribution in [3.05, 3.63) is 69.1 Å². The molecule has 1 aliphatic heterocycles. The Morgan fingerprint density at radius 2 is 1.89 bits per heavy atom. The zero-order valence-electron chi connectivity index (χ0n) is 18.3. The maximum atomic E-state index is 13.4. The van der Waals surface area contributed by atoms with Crippen LogP contribution in [-0.2, 0) is 6.18 Å². The minimum Gasteiger partial charge on any atom is -0.345 e.